The lowest BCUT2D eigenvalue weighted by atomic mass is 10.0. The topological polar surface area (TPSA) is 52.6 Å². The minimum Gasteiger partial charge on any atom is -0.357 e. The van der Waals surface area contributed by atoms with Gasteiger partial charge in [-0.3, -0.25) is 0 Å². The second-order valence-corrected chi connectivity index (χ2v) is 7.85. The second kappa shape index (κ2) is 12.0. The number of thiazole rings is 1. The summed E-state index contributed by atoms with van der Waals surface area (Å²) in [5.74, 6) is 1.57. The summed E-state index contributed by atoms with van der Waals surface area (Å²) in [4.78, 5) is 12.7. The molecule has 2 N–H and O–H groups in total. The normalized spacial score (nSPS) is 13.1. The molecule has 0 fully saturated rings. The van der Waals surface area contributed by atoms with Crippen LogP contribution in [0.25, 0.3) is 0 Å². The van der Waals surface area contributed by atoms with Gasteiger partial charge in [0, 0.05) is 24.0 Å². The summed E-state index contributed by atoms with van der Waals surface area (Å²) in [7, 11) is 4.28. The maximum Gasteiger partial charge on any atom is 0.191 e. The van der Waals surface area contributed by atoms with Gasteiger partial charge in [-0.05, 0) is 47.2 Å². The molecule has 0 aliphatic carbocycles. The molecule has 0 aliphatic heterocycles. The molecule has 0 radical (unpaired) electrons. The van der Waals surface area contributed by atoms with E-state index in [0.717, 1.165) is 29.8 Å². The van der Waals surface area contributed by atoms with Gasteiger partial charge < -0.3 is 15.5 Å². The molecule has 140 valence electrons. The van der Waals surface area contributed by atoms with E-state index < -0.39 is 0 Å². The number of hydrogen-bond acceptors (Lipinski definition) is 4. The summed E-state index contributed by atoms with van der Waals surface area (Å²) in [5, 5.41) is 7.92. The number of nitrogens with zero attached hydrogens (tertiary/aromatic N) is 3. The Bertz CT molecular complexity index is 499. The van der Waals surface area contributed by atoms with Crippen molar-refractivity contribution in [1.29, 1.82) is 0 Å². The first-order chi connectivity index (χ1) is 10.8. The Kier molecular flexibility index (Phi) is 11.8. The molecule has 24 heavy (non-hydrogen) atoms. The lowest BCUT2D eigenvalue weighted by Crippen LogP contribution is -2.45. The summed E-state index contributed by atoms with van der Waals surface area (Å²) in [5.41, 5.74) is 1.10. The predicted molar refractivity (Wildman–Crippen MR) is 117 cm³/mol. The molecule has 1 heterocycles. The Balaban J connectivity index is 0.00000529. The van der Waals surface area contributed by atoms with E-state index in [0.29, 0.717) is 18.5 Å². The molecular formula is C17H34IN5S. The number of aromatic nitrogens is 1. The van der Waals surface area contributed by atoms with Crippen molar-refractivity contribution < 1.29 is 0 Å². The van der Waals surface area contributed by atoms with Gasteiger partial charge in [0.1, 0.15) is 0 Å². The number of nitrogens with one attached hydrogen (secondary N) is 2. The molecule has 1 unspecified atom stereocenters. The van der Waals surface area contributed by atoms with Crippen LogP contribution >= 0.6 is 35.3 Å². The highest BCUT2D eigenvalue weighted by Gasteiger charge is 2.14. The molecule has 0 bridgehead atoms. The van der Waals surface area contributed by atoms with Crippen molar-refractivity contribution in [3.63, 3.8) is 0 Å². The van der Waals surface area contributed by atoms with Crippen LogP contribution in [0.2, 0.25) is 0 Å². The molecule has 7 heteroatoms. The van der Waals surface area contributed by atoms with E-state index >= 15 is 0 Å². The Morgan fingerprint density at radius 1 is 1.25 bits per heavy atom. The summed E-state index contributed by atoms with van der Waals surface area (Å²) >= 11 is 1.73. The quantitative estimate of drug-likeness (QED) is 0.350. The molecule has 1 aromatic heterocycles. The van der Waals surface area contributed by atoms with Crippen molar-refractivity contribution in [2.24, 2.45) is 10.9 Å². The van der Waals surface area contributed by atoms with Crippen LogP contribution in [0.15, 0.2) is 4.99 Å². The van der Waals surface area contributed by atoms with Crippen molar-refractivity contribution >= 4 is 41.3 Å². The Morgan fingerprint density at radius 2 is 1.92 bits per heavy atom. The molecule has 0 aromatic carbocycles. The molecule has 5 nitrogen and oxygen atoms in total. The first kappa shape index (κ1) is 23.6. The maximum absolute atomic E-state index is 4.71. The number of halogens is 1. The van der Waals surface area contributed by atoms with Crippen LogP contribution in [0.4, 0.5) is 0 Å². The van der Waals surface area contributed by atoms with Crippen LogP contribution in [0, 0.1) is 19.8 Å². The van der Waals surface area contributed by atoms with Gasteiger partial charge in [-0.1, -0.05) is 13.8 Å². The zero-order valence-electron chi connectivity index (χ0n) is 16.1. The zero-order chi connectivity index (χ0) is 17.4. The highest BCUT2D eigenvalue weighted by atomic mass is 127. The highest BCUT2D eigenvalue weighted by Crippen LogP contribution is 2.17. The Labute approximate surface area is 168 Å². The number of guanidine groups is 1. The molecular weight excluding hydrogens is 433 g/mol. The fourth-order valence-electron chi connectivity index (χ4n) is 2.45. The largest absolute Gasteiger partial charge is 0.357 e. The lowest BCUT2D eigenvalue weighted by Gasteiger charge is -2.27. The monoisotopic (exact) mass is 467 g/mol. The third-order valence-corrected chi connectivity index (χ3v) is 4.76. The minimum atomic E-state index is 0. The lowest BCUT2D eigenvalue weighted by molar-refractivity contribution is 0.254. The van der Waals surface area contributed by atoms with Gasteiger partial charge in [0.25, 0.3) is 0 Å². The molecule has 0 saturated heterocycles. The van der Waals surface area contributed by atoms with Gasteiger partial charge in [0.15, 0.2) is 5.96 Å². The summed E-state index contributed by atoms with van der Waals surface area (Å²) < 4.78 is 0. The van der Waals surface area contributed by atoms with E-state index in [4.69, 9.17) is 4.99 Å². The SMILES string of the molecule is CCNC(=NCc1sc(C)nc1C)NCC(CC(C)C)N(C)C.I. The van der Waals surface area contributed by atoms with Crippen LogP contribution < -0.4 is 10.6 Å². The smallest absolute Gasteiger partial charge is 0.191 e. The Morgan fingerprint density at radius 3 is 2.38 bits per heavy atom. The number of rotatable bonds is 8. The molecule has 0 spiro atoms. The van der Waals surface area contributed by atoms with Crippen molar-refractivity contribution in [1.82, 2.24) is 20.5 Å². The molecule has 0 amide bonds. The van der Waals surface area contributed by atoms with E-state index in [1.54, 1.807) is 11.3 Å². The van der Waals surface area contributed by atoms with Crippen molar-refractivity contribution in [3.8, 4) is 0 Å². The number of aryl methyl sites for hydroxylation is 2. The zero-order valence-corrected chi connectivity index (χ0v) is 19.3. The fourth-order valence-corrected chi connectivity index (χ4v) is 3.31. The van der Waals surface area contributed by atoms with Gasteiger partial charge in [-0.15, -0.1) is 35.3 Å². The third kappa shape index (κ3) is 8.62. The first-order valence-corrected chi connectivity index (χ1v) is 9.26. The second-order valence-electron chi connectivity index (χ2n) is 6.56. The number of likely N-dealkylation sites (N-methyl/N-ethyl adjacent to an activating group) is 1. The van der Waals surface area contributed by atoms with E-state index in [1.807, 2.05) is 6.92 Å². The highest BCUT2D eigenvalue weighted by molar-refractivity contribution is 14.0. The van der Waals surface area contributed by atoms with Gasteiger partial charge in [0.05, 0.1) is 17.2 Å². The Hall–Kier alpha value is -0.410. The van der Waals surface area contributed by atoms with E-state index in [2.05, 4.69) is 62.3 Å². The first-order valence-electron chi connectivity index (χ1n) is 8.45. The average molecular weight is 467 g/mol. The summed E-state index contributed by atoms with van der Waals surface area (Å²) in [6, 6.07) is 0.506. The molecule has 0 saturated carbocycles. The number of hydrogen-bond donors (Lipinski definition) is 2. The third-order valence-electron chi connectivity index (χ3n) is 3.70. The average Bonchev–Trinajstić information content (AvgIpc) is 2.77. The predicted octanol–water partition coefficient (Wildman–Crippen LogP) is 3.41. The van der Waals surface area contributed by atoms with Crippen molar-refractivity contribution in [2.45, 2.75) is 53.6 Å². The van der Waals surface area contributed by atoms with E-state index in [-0.39, 0.29) is 24.0 Å². The van der Waals surface area contributed by atoms with Crippen molar-refractivity contribution in [2.75, 3.05) is 27.2 Å². The fraction of sp³-hybridized carbons (Fsp3) is 0.765. The maximum atomic E-state index is 4.71. The minimum absolute atomic E-state index is 0. The van der Waals surface area contributed by atoms with Gasteiger partial charge in [-0.25, -0.2) is 9.98 Å². The van der Waals surface area contributed by atoms with Crippen molar-refractivity contribution in [3.05, 3.63) is 15.6 Å². The van der Waals surface area contributed by atoms with Crippen LogP contribution in [0.3, 0.4) is 0 Å². The van der Waals surface area contributed by atoms with Gasteiger partial charge in [0.2, 0.25) is 0 Å². The van der Waals surface area contributed by atoms with Gasteiger partial charge in [-0.2, -0.15) is 0 Å². The standard InChI is InChI=1S/C17H33N5S.HI/c1-8-18-17(19-10-15(22(6)7)9-12(2)3)20-11-16-13(4)21-14(5)23-16;/h12,15H,8-11H2,1-7H3,(H2,18,19,20);1H. The molecule has 0 aliphatic rings. The summed E-state index contributed by atoms with van der Waals surface area (Å²) in [6.07, 6.45) is 1.17. The summed E-state index contributed by atoms with van der Waals surface area (Å²) in [6.45, 7) is 13.2. The molecule has 1 aromatic rings. The van der Waals surface area contributed by atoms with Crippen LogP contribution in [0.1, 0.15) is 42.8 Å². The number of aliphatic imine (C=N–C) groups is 1. The van der Waals surface area contributed by atoms with Crippen LogP contribution in [-0.2, 0) is 6.54 Å². The van der Waals surface area contributed by atoms with E-state index in [9.17, 15) is 0 Å². The van der Waals surface area contributed by atoms with Gasteiger partial charge >= 0.3 is 0 Å². The van der Waals surface area contributed by atoms with Crippen LogP contribution in [0.5, 0.6) is 0 Å². The van der Waals surface area contributed by atoms with Crippen LogP contribution in [-0.4, -0.2) is 49.1 Å². The van der Waals surface area contributed by atoms with E-state index in [1.165, 1.54) is 11.3 Å². The molecule has 1 rings (SSSR count). The molecule has 1 atom stereocenters.